The van der Waals surface area contributed by atoms with E-state index < -0.39 is 0 Å². The number of pyridine rings is 1. The average molecular weight is 402 g/mol. The number of nitrogens with zero attached hydrogens (tertiary/aromatic N) is 3. The summed E-state index contributed by atoms with van der Waals surface area (Å²) in [5, 5.41) is 1.07. The summed E-state index contributed by atoms with van der Waals surface area (Å²) in [6.45, 7) is 0.495. The lowest BCUT2D eigenvalue weighted by molar-refractivity contribution is 0.309. The molecule has 0 bridgehead atoms. The van der Waals surface area contributed by atoms with Gasteiger partial charge in [0.15, 0.2) is 0 Å². The zero-order valence-electron chi connectivity index (χ0n) is 14.8. The first-order valence-corrected chi connectivity index (χ1v) is 10.5. The number of ether oxygens (including phenoxy) is 1. The van der Waals surface area contributed by atoms with E-state index in [-0.39, 0.29) is 0 Å². The molecule has 0 aliphatic heterocycles. The normalized spacial score (nSPS) is 11.0. The molecule has 0 saturated heterocycles. The second-order valence-electron chi connectivity index (χ2n) is 6.23. The molecule has 4 nitrogen and oxygen atoms in total. The number of para-hydroxylation sites is 1. The molecule has 136 valence electrons. The Hall–Kier alpha value is -3.09. The molecule has 28 heavy (non-hydrogen) atoms. The van der Waals surface area contributed by atoms with Crippen molar-refractivity contribution in [3.8, 4) is 26.6 Å². The monoisotopic (exact) mass is 401 g/mol. The van der Waals surface area contributed by atoms with E-state index in [9.17, 15) is 0 Å². The van der Waals surface area contributed by atoms with Crippen LogP contribution in [0.4, 0.5) is 0 Å². The molecule has 0 N–H and O–H groups in total. The zero-order chi connectivity index (χ0) is 18.8. The van der Waals surface area contributed by atoms with Gasteiger partial charge in [-0.3, -0.25) is 15.0 Å². The van der Waals surface area contributed by atoms with Gasteiger partial charge in [-0.1, -0.05) is 36.4 Å². The van der Waals surface area contributed by atoms with Crippen LogP contribution in [-0.4, -0.2) is 15.0 Å². The Balaban J connectivity index is 1.40. The Morgan fingerprint density at radius 3 is 2.36 bits per heavy atom. The lowest BCUT2D eigenvalue weighted by Crippen LogP contribution is -1.97. The summed E-state index contributed by atoms with van der Waals surface area (Å²) >= 11 is 3.26. The van der Waals surface area contributed by atoms with Gasteiger partial charge in [0.05, 0.1) is 20.8 Å². The predicted molar refractivity (Wildman–Crippen MR) is 115 cm³/mol. The summed E-state index contributed by atoms with van der Waals surface area (Å²) < 4.78 is 6.12. The lowest BCUT2D eigenvalue weighted by atomic mass is 10.1. The fraction of sp³-hybridized carbons (Fsp3) is 0.0455. The first-order valence-electron chi connectivity index (χ1n) is 8.76. The first kappa shape index (κ1) is 17.0. The molecule has 3 heterocycles. The molecule has 0 aliphatic rings. The number of hydrogen-bond donors (Lipinski definition) is 0. The second-order valence-corrected chi connectivity index (χ2v) is 8.00. The van der Waals surface area contributed by atoms with E-state index in [0.29, 0.717) is 6.61 Å². The Morgan fingerprint density at radius 2 is 1.61 bits per heavy atom. The van der Waals surface area contributed by atoms with Crippen LogP contribution in [0.25, 0.3) is 31.8 Å². The highest BCUT2D eigenvalue weighted by atomic mass is 32.1. The van der Waals surface area contributed by atoms with E-state index >= 15 is 0 Å². The molecule has 3 aromatic heterocycles. The molecule has 0 saturated carbocycles. The Kier molecular flexibility index (Phi) is 4.56. The zero-order valence-corrected chi connectivity index (χ0v) is 16.4. The Morgan fingerprint density at radius 1 is 0.821 bits per heavy atom. The summed E-state index contributed by atoms with van der Waals surface area (Å²) in [5.41, 5.74) is 7.98. The van der Waals surface area contributed by atoms with E-state index in [2.05, 4.69) is 45.3 Å². The fourth-order valence-corrected chi connectivity index (χ4v) is 4.40. The van der Waals surface area contributed by atoms with Gasteiger partial charge in [-0.2, -0.15) is 0 Å². The van der Waals surface area contributed by atoms with Crippen molar-refractivity contribution < 1.29 is 4.74 Å². The van der Waals surface area contributed by atoms with Crippen LogP contribution in [-0.2, 0) is 6.61 Å². The largest absolute Gasteiger partial charge is 0.487 e. The standard InChI is InChI=1S/C22H15N3OS2/c1-2-18-17(21-11-24-14-28-21)8-9-25-22(18)19(3-1)26-12-15-4-6-16(7-5-15)20-10-23-13-27-20/h1-11,13-14H,12H2. The van der Waals surface area contributed by atoms with Crippen LogP contribution >= 0.6 is 22.7 Å². The smallest absolute Gasteiger partial charge is 0.146 e. The van der Waals surface area contributed by atoms with Crippen LogP contribution in [0.5, 0.6) is 5.75 Å². The minimum Gasteiger partial charge on any atom is -0.487 e. The van der Waals surface area contributed by atoms with Crippen LogP contribution in [0.1, 0.15) is 5.56 Å². The molecule has 2 aromatic carbocycles. The SMILES string of the molecule is c1cc(OCc2ccc(-c3cncs3)cc2)c2nccc(-c3cncs3)c2c1. The van der Waals surface area contributed by atoms with Gasteiger partial charge in [0, 0.05) is 29.5 Å². The van der Waals surface area contributed by atoms with Crippen molar-refractivity contribution >= 4 is 33.6 Å². The molecule has 0 aliphatic carbocycles. The van der Waals surface area contributed by atoms with Crippen LogP contribution in [0, 0.1) is 0 Å². The summed E-state index contributed by atoms with van der Waals surface area (Å²) in [7, 11) is 0. The van der Waals surface area contributed by atoms with Gasteiger partial charge in [-0.25, -0.2) is 0 Å². The van der Waals surface area contributed by atoms with E-state index in [1.165, 1.54) is 10.4 Å². The van der Waals surface area contributed by atoms with Crippen molar-refractivity contribution in [2.24, 2.45) is 0 Å². The molecule has 5 rings (SSSR count). The van der Waals surface area contributed by atoms with Gasteiger partial charge >= 0.3 is 0 Å². The van der Waals surface area contributed by atoms with Gasteiger partial charge in [-0.05, 0) is 23.3 Å². The van der Waals surface area contributed by atoms with Gasteiger partial charge in [0.1, 0.15) is 17.9 Å². The molecule has 0 fully saturated rings. The minimum absolute atomic E-state index is 0.495. The van der Waals surface area contributed by atoms with Crippen molar-refractivity contribution in [1.82, 2.24) is 15.0 Å². The molecule has 0 unspecified atom stereocenters. The Bertz CT molecular complexity index is 1200. The van der Waals surface area contributed by atoms with Crippen molar-refractivity contribution in [3.05, 3.63) is 83.7 Å². The number of hydrogen-bond acceptors (Lipinski definition) is 6. The van der Waals surface area contributed by atoms with Gasteiger partial charge in [0.2, 0.25) is 0 Å². The van der Waals surface area contributed by atoms with E-state index in [0.717, 1.165) is 32.7 Å². The number of fused-ring (bicyclic) bond motifs is 1. The van der Waals surface area contributed by atoms with E-state index in [4.69, 9.17) is 4.74 Å². The van der Waals surface area contributed by atoms with E-state index in [1.807, 2.05) is 47.8 Å². The highest BCUT2D eigenvalue weighted by Crippen LogP contribution is 2.34. The predicted octanol–water partition coefficient (Wildman–Crippen LogP) is 6.06. The summed E-state index contributed by atoms with van der Waals surface area (Å²) in [4.78, 5) is 15.2. The molecule has 0 amide bonds. The van der Waals surface area contributed by atoms with Crippen LogP contribution < -0.4 is 4.74 Å². The minimum atomic E-state index is 0.495. The number of thiazole rings is 2. The maximum absolute atomic E-state index is 6.12. The van der Waals surface area contributed by atoms with Crippen molar-refractivity contribution in [1.29, 1.82) is 0 Å². The number of aromatic nitrogens is 3. The van der Waals surface area contributed by atoms with Gasteiger partial charge < -0.3 is 4.74 Å². The molecule has 6 heteroatoms. The van der Waals surface area contributed by atoms with E-state index in [1.54, 1.807) is 22.7 Å². The molecule has 5 aromatic rings. The highest BCUT2D eigenvalue weighted by Gasteiger charge is 2.10. The fourth-order valence-electron chi connectivity index (χ4n) is 3.11. The Labute approximate surface area is 170 Å². The third kappa shape index (κ3) is 3.28. The number of benzene rings is 2. The number of rotatable bonds is 5. The highest BCUT2D eigenvalue weighted by molar-refractivity contribution is 7.13. The van der Waals surface area contributed by atoms with Crippen molar-refractivity contribution in [2.75, 3.05) is 0 Å². The summed E-state index contributed by atoms with van der Waals surface area (Å²) in [6.07, 6.45) is 5.60. The van der Waals surface area contributed by atoms with Gasteiger partial charge in [0.25, 0.3) is 0 Å². The third-order valence-electron chi connectivity index (χ3n) is 4.50. The van der Waals surface area contributed by atoms with Crippen molar-refractivity contribution in [2.45, 2.75) is 6.61 Å². The maximum Gasteiger partial charge on any atom is 0.146 e. The maximum atomic E-state index is 6.12. The lowest BCUT2D eigenvalue weighted by Gasteiger charge is -2.11. The molecule has 0 atom stereocenters. The van der Waals surface area contributed by atoms with Crippen LogP contribution in [0.15, 0.2) is 78.1 Å². The average Bonchev–Trinajstić information content (AvgIpc) is 3.46. The molecular formula is C22H15N3OS2. The van der Waals surface area contributed by atoms with Crippen LogP contribution in [0.3, 0.4) is 0 Å². The summed E-state index contributed by atoms with van der Waals surface area (Å²) in [5.74, 6) is 0.787. The van der Waals surface area contributed by atoms with Crippen LogP contribution in [0.2, 0.25) is 0 Å². The second kappa shape index (κ2) is 7.50. The molecule has 0 radical (unpaired) electrons. The topological polar surface area (TPSA) is 47.9 Å². The third-order valence-corrected chi connectivity index (χ3v) is 6.13. The quantitative estimate of drug-likeness (QED) is 0.359. The van der Waals surface area contributed by atoms with Crippen molar-refractivity contribution in [3.63, 3.8) is 0 Å². The van der Waals surface area contributed by atoms with Gasteiger partial charge in [-0.15, -0.1) is 22.7 Å². The summed E-state index contributed by atoms with van der Waals surface area (Å²) in [6, 6.07) is 16.5. The molecular weight excluding hydrogens is 386 g/mol. The molecule has 0 spiro atoms. The first-order chi connectivity index (χ1) is 13.9.